The van der Waals surface area contributed by atoms with Gasteiger partial charge in [0, 0.05) is 6.07 Å². The zero-order valence-corrected chi connectivity index (χ0v) is 12.6. The standard InChI is InChI=1S/C15H17NO4S/c1-19-11-8-7-10-12(17)13(21-14(10)16-11)15(18)20-9-5-3-2-4-6-9/h7-9,17H,2-6H2,1H3. The Bertz CT molecular complexity index is 661. The molecule has 2 heterocycles. The van der Waals surface area contributed by atoms with Crippen LogP contribution in [0.25, 0.3) is 10.2 Å². The molecule has 21 heavy (non-hydrogen) atoms. The van der Waals surface area contributed by atoms with Gasteiger partial charge >= 0.3 is 5.97 Å². The largest absolute Gasteiger partial charge is 0.505 e. The Labute approximate surface area is 126 Å². The van der Waals surface area contributed by atoms with E-state index in [0.717, 1.165) is 37.0 Å². The molecule has 0 spiro atoms. The summed E-state index contributed by atoms with van der Waals surface area (Å²) in [7, 11) is 1.53. The maximum atomic E-state index is 12.2. The number of aromatic nitrogens is 1. The van der Waals surface area contributed by atoms with Gasteiger partial charge in [-0.1, -0.05) is 6.42 Å². The van der Waals surface area contributed by atoms with Crippen molar-refractivity contribution in [3.05, 3.63) is 17.0 Å². The highest BCUT2D eigenvalue weighted by Gasteiger charge is 2.24. The number of carbonyl (C=O) groups is 1. The van der Waals surface area contributed by atoms with Crippen LogP contribution in [0.1, 0.15) is 41.8 Å². The number of rotatable bonds is 3. The third-order valence-corrected chi connectivity index (χ3v) is 4.79. The maximum Gasteiger partial charge on any atom is 0.352 e. The molecule has 2 aromatic rings. The molecule has 112 valence electrons. The van der Waals surface area contributed by atoms with Crippen molar-refractivity contribution >= 4 is 27.5 Å². The van der Waals surface area contributed by atoms with Gasteiger partial charge in [-0.3, -0.25) is 0 Å². The number of hydrogen-bond acceptors (Lipinski definition) is 6. The van der Waals surface area contributed by atoms with Crippen LogP contribution in [0, 0.1) is 0 Å². The molecule has 1 saturated carbocycles. The third kappa shape index (κ3) is 2.81. The molecule has 0 saturated heterocycles. The highest BCUT2D eigenvalue weighted by molar-refractivity contribution is 7.20. The van der Waals surface area contributed by atoms with Gasteiger partial charge in [0.1, 0.15) is 10.9 Å². The predicted octanol–water partition coefficient (Wildman–Crippen LogP) is 3.50. The highest BCUT2D eigenvalue weighted by atomic mass is 32.1. The minimum atomic E-state index is -0.457. The molecule has 5 nitrogen and oxygen atoms in total. The van der Waals surface area contributed by atoms with Gasteiger partial charge in [-0.25, -0.2) is 9.78 Å². The lowest BCUT2D eigenvalue weighted by Gasteiger charge is -2.21. The maximum absolute atomic E-state index is 12.2. The van der Waals surface area contributed by atoms with Gasteiger partial charge in [-0.05, 0) is 31.7 Å². The summed E-state index contributed by atoms with van der Waals surface area (Å²) in [4.78, 5) is 17.3. The molecule has 1 aliphatic rings. The van der Waals surface area contributed by atoms with Crippen LogP contribution in [0.2, 0.25) is 0 Å². The number of ether oxygens (including phenoxy) is 2. The molecule has 1 fully saturated rings. The fraction of sp³-hybridized carbons (Fsp3) is 0.467. The number of aromatic hydroxyl groups is 1. The molecule has 3 rings (SSSR count). The van der Waals surface area contributed by atoms with Crippen molar-refractivity contribution in [1.82, 2.24) is 4.98 Å². The number of pyridine rings is 1. The first kappa shape index (κ1) is 14.1. The van der Waals surface area contributed by atoms with Gasteiger partial charge in [-0.2, -0.15) is 0 Å². The third-order valence-electron chi connectivity index (χ3n) is 3.72. The number of esters is 1. The lowest BCUT2D eigenvalue weighted by Crippen LogP contribution is -2.20. The molecule has 0 aromatic carbocycles. The number of fused-ring (bicyclic) bond motifs is 1. The summed E-state index contributed by atoms with van der Waals surface area (Å²) in [5, 5.41) is 10.7. The molecule has 0 amide bonds. The van der Waals surface area contributed by atoms with Crippen molar-refractivity contribution in [2.45, 2.75) is 38.2 Å². The van der Waals surface area contributed by atoms with Gasteiger partial charge in [-0.15, -0.1) is 11.3 Å². The number of methoxy groups -OCH3 is 1. The van der Waals surface area contributed by atoms with Gasteiger partial charge in [0.2, 0.25) is 5.88 Å². The molecule has 6 heteroatoms. The van der Waals surface area contributed by atoms with E-state index in [1.807, 2.05) is 0 Å². The zero-order valence-electron chi connectivity index (χ0n) is 11.8. The van der Waals surface area contributed by atoms with E-state index in [-0.39, 0.29) is 16.7 Å². The van der Waals surface area contributed by atoms with Crippen LogP contribution in [0.15, 0.2) is 12.1 Å². The molecule has 0 bridgehead atoms. The average Bonchev–Trinajstić information content (AvgIpc) is 2.85. The van der Waals surface area contributed by atoms with Gasteiger partial charge in [0.25, 0.3) is 0 Å². The normalized spacial score (nSPS) is 16.0. The minimum Gasteiger partial charge on any atom is -0.505 e. The molecule has 2 aromatic heterocycles. The van der Waals surface area contributed by atoms with E-state index in [1.54, 1.807) is 12.1 Å². The molecule has 0 radical (unpaired) electrons. The first-order valence-corrected chi connectivity index (χ1v) is 7.88. The first-order valence-electron chi connectivity index (χ1n) is 7.06. The summed E-state index contributed by atoms with van der Waals surface area (Å²) >= 11 is 1.13. The summed E-state index contributed by atoms with van der Waals surface area (Å²) in [6, 6.07) is 3.36. The summed E-state index contributed by atoms with van der Waals surface area (Å²) in [5.74, 6) is -0.0525. The van der Waals surface area contributed by atoms with Crippen molar-refractivity contribution in [2.75, 3.05) is 7.11 Å². The second kappa shape index (κ2) is 5.89. The summed E-state index contributed by atoms with van der Waals surface area (Å²) in [6.45, 7) is 0. The lowest BCUT2D eigenvalue weighted by molar-refractivity contribution is 0.0214. The van der Waals surface area contributed by atoms with E-state index in [1.165, 1.54) is 13.5 Å². The van der Waals surface area contributed by atoms with Gasteiger partial charge < -0.3 is 14.6 Å². The predicted molar refractivity (Wildman–Crippen MR) is 80.1 cm³/mol. The molecule has 1 N–H and O–H groups in total. The van der Waals surface area contributed by atoms with Crippen LogP contribution >= 0.6 is 11.3 Å². The average molecular weight is 307 g/mol. The monoisotopic (exact) mass is 307 g/mol. The highest BCUT2D eigenvalue weighted by Crippen LogP contribution is 2.37. The Morgan fingerprint density at radius 1 is 1.33 bits per heavy atom. The smallest absolute Gasteiger partial charge is 0.352 e. The van der Waals surface area contributed by atoms with E-state index in [0.29, 0.717) is 16.1 Å². The first-order chi connectivity index (χ1) is 10.2. The number of nitrogens with zero attached hydrogens (tertiary/aromatic N) is 1. The molecule has 0 atom stereocenters. The van der Waals surface area contributed by atoms with E-state index in [9.17, 15) is 9.90 Å². The van der Waals surface area contributed by atoms with Crippen LogP contribution in [0.4, 0.5) is 0 Å². The Balaban J connectivity index is 1.85. The van der Waals surface area contributed by atoms with Crippen LogP contribution in [-0.2, 0) is 4.74 Å². The van der Waals surface area contributed by atoms with Crippen LogP contribution < -0.4 is 4.74 Å². The van der Waals surface area contributed by atoms with E-state index >= 15 is 0 Å². The molecule has 0 aliphatic heterocycles. The summed E-state index contributed by atoms with van der Waals surface area (Å²) in [5.41, 5.74) is 0. The number of hydrogen-bond donors (Lipinski definition) is 1. The van der Waals surface area contributed by atoms with Crippen LogP contribution in [0.3, 0.4) is 0 Å². The van der Waals surface area contributed by atoms with Crippen LogP contribution in [0.5, 0.6) is 11.6 Å². The molecular weight excluding hydrogens is 290 g/mol. The second-order valence-electron chi connectivity index (χ2n) is 5.15. The second-order valence-corrected chi connectivity index (χ2v) is 6.15. The van der Waals surface area contributed by atoms with Crippen molar-refractivity contribution in [1.29, 1.82) is 0 Å². The fourth-order valence-corrected chi connectivity index (χ4v) is 3.53. The van der Waals surface area contributed by atoms with E-state index in [2.05, 4.69) is 4.98 Å². The molecule has 0 unspecified atom stereocenters. The van der Waals surface area contributed by atoms with E-state index in [4.69, 9.17) is 9.47 Å². The Morgan fingerprint density at radius 3 is 2.81 bits per heavy atom. The SMILES string of the molecule is COc1ccc2c(O)c(C(=O)OC3CCCCC3)sc2n1. The fourth-order valence-electron chi connectivity index (χ4n) is 2.59. The molecule has 1 aliphatic carbocycles. The quantitative estimate of drug-likeness (QED) is 0.879. The number of thiophene rings is 1. The summed E-state index contributed by atoms with van der Waals surface area (Å²) < 4.78 is 10.5. The molecular formula is C15H17NO4S. The van der Waals surface area contributed by atoms with Gasteiger partial charge in [0.15, 0.2) is 10.6 Å². The van der Waals surface area contributed by atoms with Crippen LogP contribution in [-0.4, -0.2) is 29.3 Å². The topological polar surface area (TPSA) is 68.7 Å². The van der Waals surface area contributed by atoms with Crippen molar-refractivity contribution in [2.24, 2.45) is 0 Å². The Hall–Kier alpha value is -1.82. The van der Waals surface area contributed by atoms with Crippen molar-refractivity contribution in [3.8, 4) is 11.6 Å². The summed E-state index contributed by atoms with van der Waals surface area (Å²) in [6.07, 6.45) is 5.17. The lowest BCUT2D eigenvalue weighted by atomic mass is 9.98. The van der Waals surface area contributed by atoms with Crippen molar-refractivity contribution < 1.29 is 19.4 Å². The van der Waals surface area contributed by atoms with E-state index < -0.39 is 5.97 Å². The number of carbonyl (C=O) groups excluding carboxylic acids is 1. The Morgan fingerprint density at radius 2 is 2.10 bits per heavy atom. The van der Waals surface area contributed by atoms with Gasteiger partial charge in [0.05, 0.1) is 12.5 Å². The zero-order chi connectivity index (χ0) is 14.8. The Kier molecular flexibility index (Phi) is 3.96. The van der Waals surface area contributed by atoms with Crippen molar-refractivity contribution in [3.63, 3.8) is 0 Å². The minimum absolute atomic E-state index is 0.0293.